The molecule has 0 aromatic carbocycles. The van der Waals surface area contributed by atoms with Gasteiger partial charge in [0.05, 0.1) is 0 Å². The Bertz CT molecular complexity index is 162. The van der Waals surface area contributed by atoms with Crippen molar-refractivity contribution in [2.75, 3.05) is 6.61 Å². The van der Waals surface area contributed by atoms with Crippen LogP contribution in [0.3, 0.4) is 0 Å². The Balaban J connectivity index is 3.85. The van der Waals surface area contributed by atoms with Gasteiger partial charge >= 0.3 is 15.3 Å². The van der Waals surface area contributed by atoms with Crippen molar-refractivity contribution >= 4 is 15.3 Å². The minimum Gasteiger partial charge on any atom is -0.493 e. The van der Waals surface area contributed by atoms with Crippen molar-refractivity contribution in [3.05, 3.63) is 12.2 Å². The average Bonchev–Trinajstić information content (AvgIpc) is 2.05. The minimum absolute atomic E-state index is 0.277. The Morgan fingerprint density at radius 1 is 1.46 bits per heavy atom. The van der Waals surface area contributed by atoms with E-state index < -0.39 is 9.28 Å². The zero-order valence-corrected chi connectivity index (χ0v) is 9.73. The summed E-state index contributed by atoms with van der Waals surface area (Å²) in [5.41, 5.74) is 0. The monoisotopic (exact) mass is 202 g/mol. The lowest BCUT2D eigenvalue weighted by molar-refractivity contribution is -0.130. The van der Waals surface area contributed by atoms with Gasteiger partial charge in [-0.2, -0.15) is 0 Å². The zero-order chi connectivity index (χ0) is 10.1. The van der Waals surface area contributed by atoms with Crippen LogP contribution in [0.2, 0.25) is 6.04 Å². The molecule has 4 heteroatoms. The topological polar surface area (TPSA) is 35.5 Å². The van der Waals surface area contributed by atoms with Gasteiger partial charge in [-0.15, -0.1) is 0 Å². The van der Waals surface area contributed by atoms with Crippen LogP contribution in [0.15, 0.2) is 12.2 Å². The van der Waals surface area contributed by atoms with E-state index in [1.165, 1.54) is 6.08 Å². The molecule has 13 heavy (non-hydrogen) atoms. The van der Waals surface area contributed by atoms with E-state index in [9.17, 15) is 4.79 Å². The Labute approximate surface area is 81.6 Å². The van der Waals surface area contributed by atoms with E-state index in [1.807, 2.05) is 6.92 Å². The number of rotatable bonds is 6. The highest BCUT2D eigenvalue weighted by molar-refractivity contribution is 6.47. The van der Waals surface area contributed by atoms with E-state index in [2.05, 4.69) is 6.92 Å². The molecule has 0 amide bonds. The van der Waals surface area contributed by atoms with Crippen molar-refractivity contribution in [3.63, 3.8) is 0 Å². The Morgan fingerprint density at radius 2 is 2.15 bits per heavy atom. The lowest BCUT2D eigenvalue weighted by Gasteiger charge is -2.13. The zero-order valence-electron chi connectivity index (χ0n) is 8.58. The fourth-order valence-electron chi connectivity index (χ4n) is 0.903. The molecule has 0 saturated carbocycles. The van der Waals surface area contributed by atoms with E-state index in [-0.39, 0.29) is 5.97 Å². The van der Waals surface area contributed by atoms with Crippen LogP contribution in [-0.4, -0.2) is 21.9 Å². The lowest BCUT2D eigenvalue weighted by atomic mass is 10.5. The summed E-state index contributed by atoms with van der Waals surface area (Å²) in [5.74, 6) is -0.277. The second-order valence-corrected chi connectivity index (χ2v) is 4.62. The van der Waals surface area contributed by atoms with Gasteiger partial charge in [-0.25, -0.2) is 4.79 Å². The highest BCUT2D eigenvalue weighted by Gasteiger charge is 2.14. The van der Waals surface area contributed by atoms with Gasteiger partial charge < -0.3 is 8.85 Å². The first kappa shape index (κ1) is 12.4. The lowest BCUT2D eigenvalue weighted by Crippen LogP contribution is -2.25. The maximum Gasteiger partial charge on any atom is 0.385 e. The predicted molar refractivity (Wildman–Crippen MR) is 54.8 cm³/mol. The molecule has 0 aromatic heterocycles. The van der Waals surface area contributed by atoms with Crippen LogP contribution in [0.5, 0.6) is 0 Å². The summed E-state index contributed by atoms with van der Waals surface area (Å²) >= 11 is 0. The van der Waals surface area contributed by atoms with Crippen LogP contribution in [-0.2, 0) is 13.6 Å². The molecule has 0 radical (unpaired) electrons. The van der Waals surface area contributed by atoms with E-state index in [0.29, 0.717) is 6.61 Å². The van der Waals surface area contributed by atoms with E-state index in [1.54, 1.807) is 13.0 Å². The maximum absolute atomic E-state index is 11.0. The van der Waals surface area contributed by atoms with E-state index in [4.69, 9.17) is 8.85 Å². The van der Waals surface area contributed by atoms with Gasteiger partial charge in [0.1, 0.15) is 0 Å². The summed E-state index contributed by atoms with van der Waals surface area (Å²) in [5, 5.41) is 0. The van der Waals surface area contributed by atoms with Gasteiger partial charge in [0.2, 0.25) is 0 Å². The van der Waals surface area contributed by atoms with Gasteiger partial charge in [-0.3, -0.25) is 0 Å². The molecule has 0 aliphatic rings. The van der Waals surface area contributed by atoms with Crippen molar-refractivity contribution < 1.29 is 13.6 Å². The summed E-state index contributed by atoms with van der Waals surface area (Å²) in [6.07, 6.45) is 4.10. The summed E-state index contributed by atoms with van der Waals surface area (Å²) in [4.78, 5) is 11.0. The first-order chi connectivity index (χ1) is 6.24. The fourth-order valence-corrected chi connectivity index (χ4v) is 2.44. The van der Waals surface area contributed by atoms with Crippen LogP contribution >= 0.6 is 0 Å². The molecule has 0 bridgehead atoms. The molecule has 76 valence electrons. The number of allylic oxidation sites excluding steroid dienone is 1. The summed E-state index contributed by atoms with van der Waals surface area (Å²) < 4.78 is 10.5. The van der Waals surface area contributed by atoms with Gasteiger partial charge in [0, 0.05) is 12.7 Å². The normalized spacial score (nSPS) is 13.2. The van der Waals surface area contributed by atoms with Crippen molar-refractivity contribution in [1.29, 1.82) is 0 Å². The molecule has 0 saturated heterocycles. The first-order valence-electron chi connectivity index (χ1n) is 4.69. The molecule has 0 spiro atoms. The quantitative estimate of drug-likeness (QED) is 0.486. The second-order valence-electron chi connectivity index (χ2n) is 2.61. The number of carbonyl (C=O) groups excluding carboxylic acids is 1. The standard InChI is InChI=1S/C9H18O3Si/c1-4-7-9(10)12-13(8-5-2)11-6-3/h4,7,13H,5-6,8H2,1-3H3. The van der Waals surface area contributed by atoms with Crippen molar-refractivity contribution in [2.24, 2.45) is 0 Å². The van der Waals surface area contributed by atoms with Crippen LogP contribution < -0.4 is 0 Å². The third-order valence-corrected chi connectivity index (χ3v) is 3.68. The molecule has 3 nitrogen and oxygen atoms in total. The number of hydrogen-bond donors (Lipinski definition) is 0. The molecule has 0 aromatic rings. The smallest absolute Gasteiger partial charge is 0.385 e. The molecule has 0 N–H and O–H groups in total. The predicted octanol–water partition coefficient (Wildman–Crippen LogP) is 1.77. The summed E-state index contributed by atoms with van der Waals surface area (Å²) in [6.45, 7) is 6.39. The Morgan fingerprint density at radius 3 is 2.62 bits per heavy atom. The van der Waals surface area contributed by atoms with Crippen molar-refractivity contribution in [1.82, 2.24) is 0 Å². The Hall–Kier alpha value is -0.613. The molecular weight excluding hydrogens is 184 g/mol. The van der Waals surface area contributed by atoms with Crippen molar-refractivity contribution in [2.45, 2.75) is 33.2 Å². The van der Waals surface area contributed by atoms with Crippen LogP contribution in [0.4, 0.5) is 0 Å². The summed E-state index contributed by atoms with van der Waals surface area (Å²) in [6, 6.07) is 0.886. The molecule has 1 unspecified atom stereocenters. The van der Waals surface area contributed by atoms with Crippen LogP contribution in [0.1, 0.15) is 27.2 Å². The summed E-state index contributed by atoms with van der Waals surface area (Å²) in [7, 11) is -1.72. The van der Waals surface area contributed by atoms with E-state index >= 15 is 0 Å². The minimum atomic E-state index is -1.72. The molecule has 0 rings (SSSR count). The van der Waals surface area contributed by atoms with Gasteiger partial charge in [-0.05, 0) is 19.9 Å². The van der Waals surface area contributed by atoms with Gasteiger partial charge in [0.25, 0.3) is 0 Å². The average molecular weight is 202 g/mol. The van der Waals surface area contributed by atoms with Crippen molar-refractivity contribution in [3.8, 4) is 0 Å². The van der Waals surface area contributed by atoms with Gasteiger partial charge in [-0.1, -0.05) is 19.4 Å². The highest BCUT2D eigenvalue weighted by atomic mass is 28.3. The molecule has 0 aliphatic heterocycles. The molecule has 0 aliphatic carbocycles. The number of carbonyl (C=O) groups is 1. The fraction of sp³-hybridized carbons (Fsp3) is 0.667. The van der Waals surface area contributed by atoms with Crippen LogP contribution in [0.25, 0.3) is 0 Å². The Kier molecular flexibility index (Phi) is 7.63. The first-order valence-corrected chi connectivity index (χ1v) is 6.45. The maximum atomic E-state index is 11.0. The molecule has 0 heterocycles. The second kappa shape index (κ2) is 8.01. The largest absolute Gasteiger partial charge is 0.493 e. The molecule has 0 fully saturated rings. The number of hydrogen-bond acceptors (Lipinski definition) is 3. The molecule has 1 atom stereocenters. The van der Waals surface area contributed by atoms with E-state index in [0.717, 1.165) is 12.5 Å². The van der Waals surface area contributed by atoms with Crippen LogP contribution in [0, 0.1) is 0 Å². The molecular formula is C9H18O3Si. The SMILES string of the molecule is CC=CC(=O)O[SiH](CCC)OCC. The third kappa shape index (κ3) is 6.54. The van der Waals surface area contributed by atoms with Gasteiger partial charge in [0.15, 0.2) is 0 Å². The highest BCUT2D eigenvalue weighted by Crippen LogP contribution is 2.01. The third-order valence-electron chi connectivity index (χ3n) is 1.43.